The Kier molecular flexibility index (Phi) is 16.6. The number of rotatable bonds is 6. The number of aryl methyl sites for hydroxylation is 2. The van der Waals surface area contributed by atoms with Gasteiger partial charge in [-0.25, -0.2) is 5.84 Å². The van der Waals surface area contributed by atoms with E-state index in [9.17, 15) is 14.4 Å². The number of nitrogens with one attached hydrogen (secondary N) is 1. The molecule has 0 bridgehead atoms. The maximum atomic E-state index is 13.0. The highest BCUT2D eigenvalue weighted by Crippen LogP contribution is 2.31. The highest BCUT2D eigenvalue weighted by Gasteiger charge is 2.27. The van der Waals surface area contributed by atoms with Crippen LogP contribution in [-0.2, 0) is 0 Å². The van der Waals surface area contributed by atoms with E-state index in [2.05, 4.69) is 43.7 Å². The molecule has 5 aromatic rings. The molecule has 0 atom stereocenters. The second kappa shape index (κ2) is 21.8. The Labute approximate surface area is 358 Å². The zero-order valence-corrected chi connectivity index (χ0v) is 34.3. The van der Waals surface area contributed by atoms with E-state index in [0.717, 1.165) is 36.8 Å². The van der Waals surface area contributed by atoms with Crippen molar-refractivity contribution in [3.05, 3.63) is 135 Å². The Bertz CT molecular complexity index is 2400. The van der Waals surface area contributed by atoms with Gasteiger partial charge < -0.3 is 20.0 Å². The van der Waals surface area contributed by atoms with Crippen LogP contribution in [0.2, 0.25) is 0 Å². The van der Waals surface area contributed by atoms with E-state index in [4.69, 9.17) is 31.8 Å². The van der Waals surface area contributed by atoms with E-state index >= 15 is 0 Å². The van der Waals surface area contributed by atoms with Crippen LogP contribution in [0.3, 0.4) is 0 Å². The summed E-state index contributed by atoms with van der Waals surface area (Å²) in [4.78, 5) is 43.0. The van der Waals surface area contributed by atoms with E-state index in [-0.39, 0.29) is 25.3 Å². The molecule has 3 heterocycles. The molecule has 0 saturated carbocycles. The molecule has 3 amide bonds. The maximum Gasteiger partial charge on any atom is 0.313 e. The number of benzene rings is 4. The Morgan fingerprint density at radius 2 is 1.15 bits per heavy atom. The minimum atomic E-state index is -0.401. The molecule has 308 valence electrons. The number of nitriles is 3. The predicted octanol–water partition coefficient (Wildman–Crippen LogP) is 7.51. The van der Waals surface area contributed by atoms with Gasteiger partial charge in [-0.1, -0.05) is 48.9 Å². The number of anilines is 1. The van der Waals surface area contributed by atoms with Crippen molar-refractivity contribution in [2.45, 2.75) is 58.8 Å². The van der Waals surface area contributed by atoms with Gasteiger partial charge in [-0.3, -0.25) is 19.8 Å². The molecule has 4 aromatic carbocycles. The molecular weight excluding hydrogens is 824 g/mol. The fourth-order valence-electron chi connectivity index (χ4n) is 7.26. The predicted molar refractivity (Wildman–Crippen MR) is 231 cm³/mol. The molecule has 0 spiro atoms. The second-order valence-corrected chi connectivity index (χ2v) is 14.5. The van der Waals surface area contributed by atoms with E-state index in [1.807, 2.05) is 84.3 Å². The minimum absolute atomic E-state index is 0. The van der Waals surface area contributed by atoms with Crippen molar-refractivity contribution in [1.82, 2.24) is 25.4 Å². The molecule has 2 aliphatic rings. The normalized spacial score (nSPS) is 13.7. The third-order valence-electron chi connectivity index (χ3n) is 10.6. The largest absolute Gasteiger partial charge is 0.404 e. The van der Waals surface area contributed by atoms with Gasteiger partial charge >= 0.3 is 6.01 Å². The van der Waals surface area contributed by atoms with Gasteiger partial charge in [0.05, 0.1) is 23.3 Å². The number of nitrogens with two attached hydrogens (primary N) is 2. The average Bonchev–Trinajstić information content (AvgIpc) is 3.72. The summed E-state index contributed by atoms with van der Waals surface area (Å²) in [5, 5.41) is 32.7. The van der Waals surface area contributed by atoms with E-state index in [1.54, 1.807) is 29.2 Å². The second-order valence-electron chi connectivity index (χ2n) is 14.2. The first kappa shape index (κ1) is 45.8. The smallest absolute Gasteiger partial charge is 0.313 e. The lowest BCUT2D eigenvalue weighted by atomic mass is 9.89. The van der Waals surface area contributed by atoms with Crippen LogP contribution in [0.5, 0.6) is 0 Å². The first-order valence-electron chi connectivity index (χ1n) is 18.9. The molecule has 15 heteroatoms. The van der Waals surface area contributed by atoms with Crippen LogP contribution in [0.4, 0.5) is 6.01 Å². The molecule has 2 fully saturated rings. The third-order valence-corrected chi connectivity index (χ3v) is 10.6. The van der Waals surface area contributed by atoms with Gasteiger partial charge in [0.25, 0.3) is 17.7 Å². The molecule has 14 nitrogen and oxygen atoms in total. The van der Waals surface area contributed by atoms with Gasteiger partial charge in [0.1, 0.15) is 4.98 Å². The van der Waals surface area contributed by atoms with Gasteiger partial charge in [0.15, 0.2) is 0 Å². The standard InChI is InChI=1S/C22H21N5O2.C21H22N4O2.CBrN.CH4/c1-14-2-5-18(12-19(14)20-25-26-22(24)29-20)21(28)27-10-8-17(9-11-27)16-6-3-15(13-23)4-7-16;1-14-2-5-18(12-19(14)20(26)24-23)21(27)25-10-8-17(9-11-25)16-6-3-15(13-22)4-7-16;2-1-3;/h2-7,12,17H,8-11H2,1H3,(H2,24,26);2-7,12,17H,8-11,23H2,1H3,(H,24,26);;1H4. The number of amides is 3. The van der Waals surface area contributed by atoms with Crippen LogP contribution < -0.4 is 17.0 Å². The Morgan fingerprint density at radius 1 is 0.717 bits per heavy atom. The highest BCUT2D eigenvalue weighted by molar-refractivity contribution is 9.12. The number of aromatic nitrogens is 2. The molecule has 0 radical (unpaired) electrons. The summed E-state index contributed by atoms with van der Waals surface area (Å²) in [5.41, 5.74) is 15.3. The molecule has 5 N–H and O–H groups in total. The Morgan fingerprint density at radius 3 is 1.55 bits per heavy atom. The van der Waals surface area contributed by atoms with Crippen molar-refractivity contribution in [2.75, 3.05) is 31.9 Å². The Balaban J connectivity index is 0.000000245. The minimum Gasteiger partial charge on any atom is -0.404 e. The summed E-state index contributed by atoms with van der Waals surface area (Å²) < 4.78 is 5.32. The summed E-state index contributed by atoms with van der Waals surface area (Å²) in [6.45, 7) is 6.45. The van der Waals surface area contributed by atoms with Crippen molar-refractivity contribution in [1.29, 1.82) is 15.8 Å². The molecule has 2 aliphatic heterocycles. The van der Waals surface area contributed by atoms with Gasteiger partial charge in [0, 0.05) is 64.4 Å². The van der Waals surface area contributed by atoms with Crippen LogP contribution in [0.25, 0.3) is 11.5 Å². The average molecular weight is 872 g/mol. The first-order chi connectivity index (χ1) is 28.5. The van der Waals surface area contributed by atoms with Crippen molar-refractivity contribution >= 4 is 39.7 Å². The molecule has 0 aliphatic carbocycles. The number of nitrogens with zero attached hydrogens (tertiary/aromatic N) is 7. The van der Waals surface area contributed by atoms with Crippen molar-refractivity contribution < 1.29 is 18.8 Å². The number of piperidine rings is 2. The number of nitrogen functional groups attached to an aromatic ring is 2. The molecule has 2 saturated heterocycles. The zero-order valence-electron chi connectivity index (χ0n) is 32.7. The summed E-state index contributed by atoms with van der Waals surface area (Å²) in [5.74, 6) is 5.85. The molecule has 7 rings (SSSR count). The lowest BCUT2D eigenvalue weighted by Crippen LogP contribution is -2.38. The number of hydrazine groups is 1. The Hall–Kier alpha value is -6.86. The number of carbonyl (C=O) groups is 3. The maximum absolute atomic E-state index is 13.0. The van der Waals surface area contributed by atoms with Crippen molar-refractivity contribution in [3.8, 4) is 28.6 Å². The quantitative estimate of drug-likeness (QED) is 0.0858. The van der Waals surface area contributed by atoms with Crippen LogP contribution in [0.1, 0.15) is 109 Å². The molecule has 60 heavy (non-hydrogen) atoms. The van der Waals surface area contributed by atoms with Crippen LogP contribution in [-0.4, -0.2) is 63.9 Å². The molecular formula is C45H47BrN10O4. The van der Waals surface area contributed by atoms with Crippen LogP contribution >= 0.6 is 15.9 Å². The third kappa shape index (κ3) is 11.4. The van der Waals surface area contributed by atoms with Gasteiger partial charge in [-0.2, -0.15) is 15.8 Å². The van der Waals surface area contributed by atoms with Gasteiger partial charge in [0.2, 0.25) is 5.89 Å². The fourth-order valence-corrected chi connectivity index (χ4v) is 7.26. The first-order valence-corrected chi connectivity index (χ1v) is 19.7. The molecule has 1 aromatic heterocycles. The van der Waals surface area contributed by atoms with Crippen molar-refractivity contribution in [2.24, 2.45) is 5.84 Å². The summed E-state index contributed by atoms with van der Waals surface area (Å²) in [6, 6.07) is 30.3. The lowest BCUT2D eigenvalue weighted by Gasteiger charge is -2.32. The monoisotopic (exact) mass is 870 g/mol. The number of hydrogen-bond donors (Lipinski definition) is 3. The highest BCUT2D eigenvalue weighted by atomic mass is 79.9. The number of carbonyl (C=O) groups excluding carboxylic acids is 3. The molecule has 0 unspecified atom stereocenters. The van der Waals surface area contributed by atoms with Crippen LogP contribution in [0.15, 0.2) is 89.3 Å². The van der Waals surface area contributed by atoms with Gasteiger partial charge in [-0.15, -0.1) is 5.10 Å². The summed E-state index contributed by atoms with van der Waals surface area (Å²) in [7, 11) is 0. The van der Waals surface area contributed by atoms with Gasteiger partial charge in [-0.05, 0) is 122 Å². The summed E-state index contributed by atoms with van der Waals surface area (Å²) in [6.07, 6.45) is 3.55. The van der Waals surface area contributed by atoms with E-state index in [0.29, 0.717) is 77.3 Å². The van der Waals surface area contributed by atoms with Crippen molar-refractivity contribution in [3.63, 3.8) is 0 Å². The summed E-state index contributed by atoms with van der Waals surface area (Å²) >= 11 is 2.45. The number of likely N-dealkylation sites (tertiary alicyclic amines) is 2. The van der Waals surface area contributed by atoms with Crippen LogP contribution in [0, 0.1) is 46.8 Å². The topological polar surface area (TPSA) is 232 Å². The van der Waals surface area contributed by atoms with E-state index in [1.165, 1.54) is 11.1 Å². The SMILES string of the molecule is C.Cc1ccc(C(=O)N2CCC(c3ccc(C#N)cc3)CC2)cc1-c1nnc(N)o1.Cc1ccc(C(=O)N2CCC(c3ccc(C#N)cc3)CC2)cc1C(=O)NN.N#CBr. The zero-order chi connectivity index (χ0) is 42.5. The lowest BCUT2D eigenvalue weighted by molar-refractivity contribution is 0.0705. The fraction of sp³-hybridized carbons (Fsp3) is 0.289. The van der Waals surface area contributed by atoms with E-state index < -0.39 is 5.91 Å². The number of hydrogen-bond acceptors (Lipinski definition) is 11. The number of halogens is 1.